The van der Waals surface area contributed by atoms with E-state index in [1.807, 2.05) is 12.1 Å². The predicted octanol–water partition coefficient (Wildman–Crippen LogP) is 2.53. The summed E-state index contributed by atoms with van der Waals surface area (Å²) in [7, 11) is -3.73. The second-order valence-electron chi connectivity index (χ2n) is 6.17. The molecular weight excluding hydrogens is 412 g/mol. The van der Waals surface area contributed by atoms with Gasteiger partial charge in [-0.05, 0) is 36.4 Å². The molecule has 9 nitrogen and oxygen atoms in total. The normalized spacial score (nSPS) is 14.9. The average Bonchev–Trinajstić information content (AvgIpc) is 3.46. The number of carbonyl (C=O) groups is 1. The van der Waals surface area contributed by atoms with Crippen molar-refractivity contribution in [3.05, 3.63) is 66.3 Å². The highest BCUT2D eigenvalue weighted by Gasteiger charge is 2.27. The monoisotopic (exact) mass is 424 g/mol. The van der Waals surface area contributed by atoms with Crippen LogP contribution in [0.4, 0.5) is 11.4 Å². The lowest BCUT2D eigenvalue weighted by atomic mass is 10.1. The third-order valence-electron chi connectivity index (χ3n) is 4.47. The summed E-state index contributed by atoms with van der Waals surface area (Å²) in [5.41, 5.74) is 5.27. The number of hydrogen-bond donors (Lipinski definition) is 2. The largest absolute Gasteiger partial charge is 0.361 e. The van der Waals surface area contributed by atoms with Crippen LogP contribution in [0.1, 0.15) is 5.56 Å². The van der Waals surface area contributed by atoms with Gasteiger partial charge in [-0.2, -0.15) is 0 Å². The minimum absolute atomic E-state index is 0.103. The highest BCUT2D eigenvalue weighted by atomic mass is 32.2. The molecule has 2 aromatic carbocycles. The maximum atomic E-state index is 12.4. The second kappa shape index (κ2) is 6.50. The van der Waals surface area contributed by atoms with Crippen molar-refractivity contribution in [1.29, 1.82) is 0 Å². The molecule has 0 bridgehead atoms. The highest BCUT2D eigenvalue weighted by Crippen LogP contribution is 2.39. The maximum Gasteiger partial charge on any atom is 0.270 e. The van der Waals surface area contributed by atoms with Crippen molar-refractivity contribution in [2.45, 2.75) is 4.90 Å². The Morgan fingerprint density at radius 1 is 1.07 bits per heavy atom. The van der Waals surface area contributed by atoms with Gasteiger partial charge < -0.3 is 10.6 Å². The van der Waals surface area contributed by atoms with E-state index >= 15 is 0 Å². The van der Waals surface area contributed by atoms with Gasteiger partial charge in [0.15, 0.2) is 0 Å². The van der Waals surface area contributed by atoms with Gasteiger partial charge in [0.1, 0.15) is 12.7 Å². The molecule has 0 fully saturated rings. The smallest absolute Gasteiger partial charge is 0.270 e. The summed E-state index contributed by atoms with van der Waals surface area (Å²) in [5.74, 6) is -0.208. The minimum Gasteiger partial charge on any atom is -0.361 e. The zero-order chi connectivity index (χ0) is 20.0. The SMILES string of the molecule is O=C1Nc2ccc3ncsc3c2/C1=C/Nc1ccc(S(=O)(=O)n2cnnc2)cc1. The highest BCUT2D eigenvalue weighted by molar-refractivity contribution is 7.90. The van der Waals surface area contributed by atoms with E-state index in [9.17, 15) is 13.2 Å². The third-order valence-corrected chi connectivity index (χ3v) is 6.94. The Hall–Kier alpha value is -3.57. The van der Waals surface area contributed by atoms with Gasteiger partial charge in [0.2, 0.25) is 0 Å². The average molecular weight is 424 g/mol. The van der Waals surface area contributed by atoms with Gasteiger partial charge in [0.05, 0.1) is 31.9 Å². The van der Waals surface area contributed by atoms with E-state index in [0.717, 1.165) is 38.1 Å². The van der Waals surface area contributed by atoms with E-state index < -0.39 is 10.0 Å². The zero-order valence-electron chi connectivity index (χ0n) is 14.6. The van der Waals surface area contributed by atoms with Gasteiger partial charge in [-0.15, -0.1) is 21.5 Å². The fourth-order valence-corrected chi connectivity index (χ4v) is 4.96. The van der Waals surface area contributed by atoms with E-state index in [1.54, 1.807) is 23.8 Å². The first kappa shape index (κ1) is 17.5. The van der Waals surface area contributed by atoms with Crippen molar-refractivity contribution in [2.24, 2.45) is 0 Å². The van der Waals surface area contributed by atoms with Gasteiger partial charge in [0, 0.05) is 17.5 Å². The summed E-state index contributed by atoms with van der Waals surface area (Å²) in [5, 5.41) is 13.0. The van der Waals surface area contributed by atoms with Crippen LogP contribution >= 0.6 is 11.3 Å². The number of nitrogens with one attached hydrogen (secondary N) is 2. The minimum atomic E-state index is -3.73. The molecule has 0 spiro atoms. The topological polar surface area (TPSA) is 119 Å². The van der Waals surface area contributed by atoms with Crippen LogP contribution in [-0.2, 0) is 14.8 Å². The molecule has 1 amide bonds. The molecule has 0 unspecified atom stereocenters. The van der Waals surface area contributed by atoms with Crippen LogP contribution in [-0.4, -0.2) is 33.5 Å². The number of fused-ring (bicyclic) bond motifs is 3. The molecule has 5 rings (SSSR count). The molecule has 11 heteroatoms. The van der Waals surface area contributed by atoms with Crippen LogP contribution in [0.3, 0.4) is 0 Å². The molecule has 2 aromatic heterocycles. The standard InChI is InChI=1S/C18H12N6O3S2/c25-18-13(16-14(23-18)5-6-15-17(16)28-10-20-15)7-19-11-1-3-12(4-2-11)29(26,27)24-8-21-22-9-24/h1-10,19H,(H,23,25)/b13-7-. The molecular formula is C18H12N6O3S2. The van der Waals surface area contributed by atoms with E-state index in [0.29, 0.717) is 11.3 Å². The Bertz CT molecular complexity index is 1370. The van der Waals surface area contributed by atoms with E-state index in [4.69, 9.17) is 0 Å². The first-order chi connectivity index (χ1) is 14.0. The lowest BCUT2D eigenvalue weighted by Crippen LogP contribution is -2.11. The summed E-state index contributed by atoms with van der Waals surface area (Å²) < 4.78 is 26.8. The van der Waals surface area contributed by atoms with Gasteiger partial charge >= 0.3 is 0 Å². The molecule has 0 saturated heterocycles. The van der Waals surface area contributed by atoms with Crippen molar-refractivity contribution in [1.82, 2.24) is 19.2 Å². The molecule has 144 valence electrons. The van der Waals surface area contributed by atoms with Gasteiger partial charge in [-0.1, -0.05) is 0 Å². The number of rotatable bonds is 4. The molecule has 0 aliphatic carbocycles. The zero-order valence-corrected chi connectivity index (χ0v) is 16.2. The number of benzene rings is 2. The van der Waals surface area contributed by atoms with Crippen LogP contribution < -0.4 is 10.6 Å². The number of amides is 1. The Morgan fingerprint density at radius 2 is 1.83 bits per heavy atom. The molecule has 0 atom stereocenters. The van der Waals surface area contributed by atoms with Crippen molar-refractivity contribution >= 4 is 54.4 Å². The summed E-state index contributed by atoms with van der Waals surface area (Å²) in [6.07, 6.45) is 3.87. The van der Waals surface area contributed by atoms with E-state index in [-0.39, 0.29) is 10.8 Å². The summed E-state index contributed by atoms with van der Waals surface area (Å²) in [4.78, 5) is 16.8. The van der Waals surface area contributed by atoms with Crippen molar-refractivity contribution in [2.75, 3.05) is 10.6 Å². The Kier molecular flexibility index (Phi) is 3.93. The molecule has 0 radical (unpaired) electrons. The number of nitrogens with zero attached hydrogens (tertiary/aromatic N) is 4. The van der Waals surface area contributed by atoms with Crippen molar-refractivity contribution in [3.8, 4) is 0 Å². The number of anilines is 2. The number of carbonyl (C=O) groups excluding carboxylic acids is 1. The van der Waals surface area contributed by atoms with Gasteiger partial charge in [-0.25, -0.2) is 17.4 Å². The second-order valence-corrected chi connectivity index (χ2v) is 8.86. The van der Waals surface area contributed by atoms with Crippen molar-refractivity contribution in [3.63, 3.8) is 0 Å². The van der Waals surface area contributed by atoms with Crippen LogP contribution in [0.25, 0.3) is 15.8 Å². The predicted molar refractivity (Wildman–Crippen MR) is 109 cm³/mol. The lowest BCUT2D eigenvalue weighted by Gasteiger charge is -2.06. The fraction of sp³-hybridized carbons (Fsp3) is 0. The molecule has 29 heavy (non-hydrogen) atoms. The van der Waals surface area contributed by atoms with E-state index in [2.05, 4.69) is 25.8 Å². The third kappa shape index (κ3) is 2.87. The van der Waals surface area contributed by atoms with Crippen LogP contribution in [0.2, 0.25) is 0 Å². The number of hydrogen-bond acceptors (Lipinski definition) is 8. The van der Waals surface area contributed by atoms with Crippen LogP contribution in [0, 0.1) is 0 Å². The fourth-order valence-electron chi connectivity index (χ4n) is 3.06. The summed E-state index contributed by atoms with van der Waals surface area (Å²) in [6, 6.07) is 9.89. The quantitative estimate of drug-likeness (QED) is 0.483. The molecule has 4 aromatic rings. The Balaban J connectivity index is 1.45. The van der Waals surface area contributed by atoms with Crippen molar-refractivity contribution < 1.29 is 13.2 Å². The number of aromatic nitrogens is 4. The Labute approximate surface area is 168 Å². The summed E-state index contributed by atoms with van der Waals surface area (Å²) >= 11 is 1.47. The van der Waals surface area contributed by atoms with E-state index in [1.165, 1.54) is 23.5 Å². The van der Waals surface area contributed by atoms with Crippen LogP contribution in [0.15, 0.2) is 65.7 Å². The first-order valence-electron chi connectivity index (χ1n) is 8.39. The maximum absolute atomic E-state index is 12.4. The molecule has 2 N–H and O–H groups in total. The lowest BCUT2D eigenvalue weighted by molar-refractivity contribution is -0.110. The first-order valence-corrected chi connectivity index (χ1v) is 10.7. The van der Waals surface area contributed by atoms with Gasteiger partial charge in [0.25, 0.3) is 15.9 Å². The van der Waals surface area contributed by atoms with Gasteiger partial charge in [-0.3, -0.25) is 4.79 Å². The molecule has 0 saturated carbocycles. The molecule has 1 aliphatic heterocycles. The molecule has 1 aliphatic rings. The number of thiazole rings is 1. The van der Waals surface area contributed by atoms with Crippen LogP contribution in [0.5, 0.6) is 0 Å². The Morgan fingerprint density at radius 3 is 2.59 bits per heavy atom. The summed E-state index contributed by atoms with van der Waals surface area (Å²) in [6.45, 7) is 0. The molecule has 3 heterocycles.